The number of halogens is 2. The molecule has 2 aromatic carbocycles. The highest BCUT2D eigenvalue weighted by Gasteiger charge is 2.30. The fourth-order valence-electron chi connectivity index (χ4n) is 3.42. The first-order valence-electron chi connectivity index (χ1n) is 9.36. The van der Waals surface area contributed by atoms with Gasteiger partial charge in [-0.3, -0.25) is 14.4 Å². The van der Waals surface area contributed by atoms with Crippen molar-refractivity contribution in [1.29, 1.82) is 0 Å². The Bertz CT molecular complexity index is 1230. The van der Waals surface area contributed by atoms with Gasteiger partial charge in [0.25, 0.3) is 0 Å². The average Bonchev–Trinajstić information content (AvgIpc) is 3.11. The third-order valence-electron chi connectivity index (χ3n) is 4.74. The summed E-state index contributed by atoms with van der Waals surface area (Å²) in [4.78, 5) is 16.1. The van der Waals surface area contributed by atoms with E-state index in [2.05, 4.69) is 32.0 Å². The topological polar surface area (TPSA) is 80.4 Å². The van der Waals surface area contributed by atoms with Crippen LogP contribution in [0.15, 0.2) is 57.1 Å². The second kappa shape index (κ2) is 9.04. The molecule has 6 nitrogen and oxygen atoms in total. The van der Waals surface area contributed by atoms with Gasteiger partial charge in [0.15, 0.2) is 11.0 Å². The number of terminal acetylenes is 1. The van der Waals surface area contributed by atoms with E-state index in [1.807, 2.05) is 22.8 Å². The highest BCUT2D eigenvalue weighted by molar-refractivity contribution is 9.10. The first-order valence-corrected chi connectivity index (χ1v) is 11.1. The lowest BCUT2D eigenvalue weighted by Gasteiger charge is -2.14. The molecular formula is C22H16BrFN4O2S. The summed E-state index contributed by atoms with van der Waals surface area (Å²) in [5.74, 6) is 2.11. The Morgan fingerprint density at radius 2 is 2.06 bits per heavy atom. The number of carbonyl (C=O) groups is 1. The van der Waals surface area contributed by atoms with Gasteiger partial charge in [-0.15, -0.1) is 16.6 Å². The average molecular weight is 499 g/mol. The molecule has 3 aromatic rings. The van der Waals surface area contributed by atoms with Crippen molar-refractivity contribution in [3.8, 4) is 18.0 Å². The molecule has 1 atom stereocenters. The highest BCUT2D eigenvalue weighted by atomic mass is 79.9. The molecule has 0 bridgehead atoms. The monoisotopic (exact) mass is 498 g/mol. The Labute approximate surface area is 190 Å². The van der Waals surface area contributed by atoms with Crippen molar-refractivity contribution in [2.75, 3.05) is 5.75 Å². The number of fused-ring (bicyclic) bond motifs is 3. The molecule has 31 heavy (non-hydrogen) atoms. The Hall–Kier alpha value is -2.96. The number of aliphatic imine (C=N–C) groups is 1. The summed E-state index contributed by atoms with van der Waals surface area (Å²) < 4.78 is 17.4. The Kier molecular flexibility index (Phi) is 6.20. The maximum absolute atomic E-state index is 14.8. The van der Waals surface area contributed by atoms with E-state index in [1.54, 1.807) is 18.2 Å². The number of carboxylic acid groups (broad SMARTS) is 1. The molecular weight excluding hydrogens is 483 g/mol. The number of thioether (sulfide) groups is 1. The van der Waals surface area contributed by atoms with Crippen LogP contribution in [0.5, 0.6) is 0 Å². The number of benzene rings is 2. The van der Waals surface area contributed by atoms with Gasteiger partial charge in [-0.25, -0.2) is 4.39 Å². The maximum atomic E-state index is 14.8. The number of aliphatic carboxylic acids is 1. The lowest BCUT2D eigenvalue weighted by molar-refractivity contribution is -0.137. The number of rotatable bonds is 6. The van der Waals surface area contributed by atoms with Crippen molar-refractivity contribution in [1.82, 2.24) is 14.8 Å². The molecule has 4 rings (SSSR count). The van der Waals surface area contributed by atoms with E-state index in [0.29, 0.717) is 33.6 Å². The molecule has 0 amide bonds. The third kappa shape index (κ3) is 4.27. The van der Waals surface area contributed by atoms with Crippen molar-refractivity contribution < 1.29 is 14.3 Å². The molecule has 0 aliphatic carbocycles. The first-order chi connectivity index (χ1) is 15.0. The van der Waals surface area contributed by atoms with Crippen LogP contribution in [0.25, 0.3) is 5.69 Å². The largest absolute Gasteiger partial charge is 0.481 e. The molecule has 0 radical (unpaired) electrons. The van der Waals surface area contributed by atoms with Gasteiger partial charge >= 0.3 is 5.97 Å². The standard InChI is InChI=1S/C22H16BrFN4O2S/c1-2-11-31-22-27-26-21-17(8-10-19(29)30)25-20(14-5-3-4-6-16(14)24)15-12-13(23)7-9-18(15)28(21)22/h1,3-7,9,12,17H,8,10-11H2,(H,29,30)/t17-/m0/s1. The minimum atomic E-state index is -0.944. The van der Waals surface area contributed by atoms with Crippen LogP contribution >= 0.6 is 27.7 Å². The minimum Gasteiger partial charge on any atom is -0.481 e. The van der Waals surface area contributed by atoms with Crippen molar-refractivity contribution in [2.45, 2.75) is 24.0 Å². The van der Waals surface area contributed by atoms with Gasteiger partial charge in [-0.05, 0) is 36.8 Å². The lowest BCUT2D eigenvalue weighted by atomic mass is 10.00. The third-order valence-corrected chi connectivity index (χ3v) is 6.07. The molecule has 1 aliphatic rings. The zero-order chi connectivity index (χ0) is 22.0. The zero-order valence-electron chi connectivity index (χ0n) is 16.1. The Morgan fingerprint density at radius 3 is 2.81 bits per heavy atom. The molecule has 0 saturated heterocycles. The van der Waals surface area contributed by atoms with Crippen molar-refractivity contribution in [3.63, 3.8) is 0 Å². The number of hydrogen-bond acceptors (Lipinski definition) is 5. The molecule has 0 unspecified atom stereocenters. The molecule has 156 valence electrons. The van der Waals surface area contributed by atoms with Gasteiger partial charge in [0.1, 0.15) is 11.9 Å². The number of nitrogens with zero attached hydrogens (tertiary/aromatic N) is 4. The summed E-state index contributed by atoms with van der Waals surface area (Å²) in [5, 5.41) is 18.4. The van der Waals surface area contributed by atoms with E-state index < -0.39 is 17.8 Å². The molecule has 2 heterocycles. The van der Waals surface area contributed by atoms with E-state index in [0.717, 1.165) is 10.2 Å². The fraction of sp³-hybridized carbons (Fsp3) is 0.182. The summed E-state index contributed by atoms with van der Waals surface area (Å²) >= 11 is 4.84. The van der Waals surface area contributed by atoms with E-state index in [1.165, 1.54) is 17.8 Å². The molecule has 1 N–H and O–H groups in total. The van der Waals surface area contributed by atoms with Crippen LogP contribution in [0.4, 0.5) is 4.39 Å². The van der Waals surface area contributed by atoms with Gasteiger partial charge in [0, 0.05) is 22.0 Å². The predicted octanol–water partition coefficient (Wildman–Crippen LogP) is 4.65. The van der Waals surface area contributed by atoms with Gasteiger partial charge < -0.3 is 5.11 Å². The van der Waals surface area contributed by atoms with Crippen LogP contribution in [-0.4, -0.2) is 37.3 Å². The quantitative estimate of drug-likeness (QED) is 0.395. The van der Waals surface area contributed by atoms with Gasteiger partial charge in [0.2, 0.25) is 0 Å². The maximum Gasteiger partial charge on any atom is 0.303 e. The molecule has 1 aliphatic heterocycles. The van der Waals surface area contributed by atoms with E-state index in [4.69, 9.17) is 11.4 Å². The van der Waals surface area contributed by atoms with E-state index >= 15 is 0 Å². The lowest BCUT2D eigenvalue weighted by Crippen LogP contribution is -2.10. The molecule has 1 aromatic heterocycles. The summed E-state index contributed by atoms with van der Waals surface area (Å²) in [5.41, 5.74) is 2.17. The Morgan fingerprint density at radius 1 is 1.26 bits per heavy atom. The molecule has 9 heteroatoms. The van der Waals surface area contributed by atoms with Crippen LogP contribution in [0.3, 0.4) is 0 Å². The number of hydrogen-bond donors (Lipinski definition) is 1. The first kappa shape index (κ1) is 21.3. The second-order valence-corrected chi connectivity index (χ2v) is 8.59. The smallest absolute Gasteiger partial charge is 0.303 e. The van der Waals surface area contributed by atoms with Crippen LogP contribution in [0.2, 0.25) is 0 Å². The van der Waals surface area contributed by atoms with Crippen LogP contribution < -0.4 is 0 Å². The van der Waals surface area contributed by atoms with Crippen LogP contribution in [0, 0.1) is 18.2 Å². The molecule has 0 saturated carbocycles. The van der Waals surface area contributed by atoms with E-state index in [-0.39, 0.29) is 12.8 Å². The van der Waals surface area contributed by atoms with Crippen LogP contribution in [0.1, 0.15) is 35.8 Å². The summed E-state index contributed by atoms with van der Waals surface area (Å²) in [7, 11) is 0. The van der Waals surface area contributed by atoms with Crippen molar-refractivity contribution >= 4 is 39.4 Å². The predicted molar refractivity (Wildman–Crippen MR) is 120 cm³/mol. The number of aromatic nitrogens is 3. The van der Waals surface area contributed by atoms with Gasteiger partial charge in [0.05, 0.1) is 17.2 Å². The van der Waals surface area contributed by atoms with Crippen LogP contribution in [-0.2, 0) is 4.79 Å². The van der Waals surface area contributed by atoms with E-state index in [9.17, 15) is 14.3 Å². The van der Waals surface area contributed by atoms with Gasteiger partial charge in [-0.2, -0.15) is 0 Å². The number of carboxylic acids is 1. The fourth-order valence-corrected chi connectivity index (χ4v) is 4.41. The zero-order valence-corrected chi connectivity index (χ0v) is 18.5. The summed E-state index contributed by atoms with van der Waals surface area (Å²) in [6.07, 6.45) is 5.51. The second-order valence-electron chi connectivity index (χ2n) is 6.74. The molecule has 0 spiro atoms. The minimum absolute atomic E-state index is 0.113. The SMILES string of the molecule is C#CCSc1nnc2n1-c1ccc(Br)cc1C(c1ccccc1F)=N[C@H]2CCC(=O)O. The van der Waals surface area contributed by atoms with Crippen molar-refractivity contribution in [3.05, 3.63) is 69.7 Å². The Balaban J connectivity index is 1.98. The highest BCUT2D eigenvalue weighted by Crippen LogP contribution is 2.36. The normalized spacial score (nSPS) is 14.7. The van der Waals surface area contributed by atoms with Gasteiger partial charge in [-0.1, -0.05) is 45.7 Å². The summed E-state index contributed by atoms with van der Waals surface area (Å²) in [6.45, 7) is 0. The van der Waals surface area contributed by atoms with Crippen molar-refractivity contribution in [2.24, 2.45) is 4.99 Å². The molecule has 0 fully saturated rings. The summed E-state index contributed by atoms with van der Waals surface area (Å²) in [6, 6.07) is 11.4.